The van der Waals surface area contributed by atoms with E-state index < -0.39 is 41.8 Å². The summed E-state index contributed by atoms with van der Waals surface area (Å²) in [6.45, 7) is 3.86. The molecule has 1 saturated heterocycles. The summed E-state index contributed by atoms with van der Waals surface area (Å²) in [5.74, 6) is -2.45. The molecule has 1 fully saturated rings. The molecule has 0 radical (unpaired) electrons. The van der Waals surface area contributed by atoms with Gasteiger partial charge in [0.05, 0.1) is 12.9 Å². The van der Waals surface area contributed by atoms with Gasteiger partial charge in [0.1, 0.15) is 18.1 Å². The van der Waals surface area contributed by atoms with E-state index in [9.17, 15) is 24.3 Å². The molecule has 3 atom stereocenters. The molecule has 6 N–H and O–H groups in total. The number of aliphatic carboxylic acids is 1. The van der Waals surface area contributed by atoms with Crippen LogP contribution >= 0.6 is 0 Å². The molecule has 0 bridgehead atoms. The van der Waals surface area contributed by atoms with E-state index in [4.69, 9.17) is 5.73 Å². The number of H-pyrrole nitrogens is 1. The fourth-order valence-corrected chi connectivity index (χ4v) is 3.53. The highest BCUT2D eigenvalue weighted by Gasteiger charge is 2.38. The predicted molar refractivity (Wildman–Crippen MR) is 107 cm³/mol. The second kappa shape index (κ2) is 10.7. The highest BCUT2D eigenvalue weighted by atomic mass is 16.4. The minimum atomic E-state index is -1.05. The quantitative estimate of drug-likeness (QED) is 0.322. The number of aromatic amines is 1. The number of hydrogen-bond acceptors (Lipinski definition) is 6. The number of carbonyl (C=O) groups excluding carboxylic acids is 3. The Hall–Kier alpha value is -2.95. The zero-order chi connectivity index (χ0) is 22.3. The number of carbonyl (C=O) groups is 4. The number of amides is 3. The lowest BCUT2D eigenvalue weighted by molar-refractivity contribution is -0.149. The van der Waals surface area contributed by atoms with Crippen molar-refractivity contribution in [3.8, 4) is 0 Å². The van der Waals surface area contributed by atoms with E-state index in [2.05, 4.69) is 20.6 Å². The van der Waals surface area contributed by atoms with Crippen LogP contribution in [-0.2, 0) is 25.6 Å². The van der Waals surface area contributed by atoms with Crippen LogP contribution in [0.3, 0.4) is 0 Å². The van der Waals surface area contributed by atoms with Gasteiger partial charge in [0, 0.05) is 24.9 Å². The van der Waals surface area contributed by atoms with Crippen molar-refractivity contribution in [2.45, 2.75) is 57.7 Å². The molecule has 11 heteroatoms. The number of likely N-dealkylation sites (tertiary alicyclic amines) is 1. The van der Waals surface area contributed by atoms with E-state index in [1.807, 2.05) is 13.8 Å². The highest BCUT2D eigenvalue weighted by Crippen LogP contribution is 2.20. The van der Waals surface area contributed by atoms with Crippen molar-refractivity contribution >= 4 is 23.7 Å². The third kappa shape index (κ3) is 6.28. The van der Waals surface area contributed by atoms with Crippen molar-refractivity contribution in [1.29, 1.82) is 0 Å². The Morgan fingerprint density at radius 3 is 2.60 bits per heavy atom. The molecule has 3 amide bonds. The van der Waals surface area contributed by atoms with Gasteiger partial charge >= 0.3 is 5.97 Å². The Labute approximate surface area is 174 Å². The van der Waals surface area contributed by atoms with Crippen LogP contribution in [0.5, 0.6) is 0 Å². The summed E-state index contributed by atoms with van der Waals surface area (Å²) in [6.07, 6.45) is 4.46. The minimum Gasteiger partial charge on any atom is -0.480 e. The van der Waals surface area contributed by atoms with E-state index in [0.717, 1.165) is 0 Å². The summed E-state index contributed by atoms with van der Waals surface area (Å²) in [4.78, 5) is 57.4. The second-order valence-electron chi connectivity index (χ2n) is 7.82. The summed E-state index contributed by atoms with van der Waals surface area (Å²) in [6, 6.07) is -2.74. The summed E-state index contributed by atoms with van der Waals surface area (Å²) < 4.78 is 0. The number of nitrogens with one attached hydrogen (secondary N) is 3. The van der Waals surface area contributed by atoms with E-state index in [-0.39, 0.29) is 18.9 Å². The van der Waals surface area contributed by atoms with Crippen LogP contribution in [0.25, 0.3) is 0 Å². The Bertz CT molecular complexity index is 751. The van der Waals surface area contributed by atoms with Gasteiger partial charge in [-0.05, 0) is 25.2 Å². The lowest BCUT2D eigenvalue weighted by atomic mass is 10.0. The molecule has 166 valence electrons. The Morgan fingerprint density at radius 1 is 1.30 bits per heavy atom. The van der Waals surface area contributed by atoms with Crippen LogP contribution in [0, 0.1) is 5.92 Å². The molecule has 0 spiro atoms. The minimum absolute atomic E-state index is 0.0785. The molecule has 30 heavy (non-hydrogen) atoms. The lowest BCUT2D eigenvalue weighted by Gasteiger charge is -2.29. The summed E-state index contributed by atoms with van der Waals surface area (Å²) >= 11 is 0. The van der Waals surface area contributed by atoms with E-state index in [1.165, 1.54) is 17.4 Å². The van der Waals surface area contributed by atoms with Gasteiger partial charge in [-0.2, -0.15) is 0 Å². The normalized spacial score (nSPS) is 18.1. The van der Waals surface area contributed by atoms with Crippen LogP contribution in [0.4, 0.5) is 0 Å². The van der Waals surface area contributed by atoms with Crippen molar-refractivity contribution in [2.75, 3.05) is 13.1 Å². The number of nitrogens with zero attached hydrogens (tertiary/aromatic N) is 2. The smallest absolute Gasteiger partial charge is 0.326 e. The fraction of sp³-hybridized carbons (Fsp3) is 0.632. The molecule has 3 unspecified atom stereocenters. The third-order valence-electron chi connectivity index (χ3n) is 4.96. The summed E-state index contributed by atoms with van der Waals surface area (Å²) in [5.41, 5.74) is 5.98. The Balaban J connectivity index is 2.17. The molecule has 0 saturated carbocycles. The van der Waals surface area contributed by atoms with Gasteiger partial charge in [0.15, 0.2) is 0 Å². The molecule has 1 aromatic rings. The number of carboxylic acid groups (broad SMARTS) is 1. The largest absolute Gasteiger partial charge is 0.480 e. The molecule has 1 aromatic heterocycles. The first-order chi connectivity index (χ1) is 14.2. The monoisotopic (exact) mass is 422 g/mol. The van der Waals surface area contributed by atoms with E-state index in [1.54, 1.807) is 0 Å². The first-order valence-electron chi connectivity index (χ1n) is 10.0. The van der Waals surface area contributed by atoms with Crippen LogP contribution < -0.4 is 16.4 Å². The van der Waals surface area contributed by atoms with Crippen molar-refractivity contribution < 1.29 is 24.3 Å². The Kier molecular flexibility index (Phi) is 8.34. The number of carboxylic acids is 1. The summed E-state index contributed by atoms with van der Waals surface area (Å²) in [7, 11) is 0. The maximum Gasteiger partial charge on any atom is 0.326 e. The first kappa shape index (κ1) is 23.3. The van der Waals surface area contributed by atoms with Gasteiger partial charge in [-0.25, -0.2) is 9.78 Å². The maximum absolute atomic E-state index is 13.1. The molecule has 1 aliphatic heterocycles. The molecular formula is C19H30N6O5. The molecule has 0 aliphatic carbocycles. The molecule has 0 aromatic carbocycles. The van der Waals surface area contributed by atoms with Crippen LogP contribution in [-0.4, -0.2) is 74.9 Å². The van der Waals surface area contributed by atoms with Crippen LogP contribution in [0.2, 0.25) is 0 Å². The van der Waals surface area contributed by atoms with Gasteiger partial charge in [-0.1, -0.05) is 13.8 Å². The van der Waals surface area contributed by atoms with Crippen molar-refractivity contribution in [3.63, 3.8) is 0 Å². The number of nitrogens with two attached hydrogens (primary N) is 1. The zero-order valence-electron chi connectivity index (χ0n) is 17.3. The molecule has 11 nitrogen and oxygen atoms in total. The van der Waals surface area contributed by atoms with Crippen molar-refractivity contribution in [2.24, 2.45) is 11.7 Å². The zero-order valence-corrected chi connectivity index (χ0v) is 17.3. The van der Waals surface area contributed by atoms with Crippen molar-refractivity contribution in [3.05, 3.63) is 18.2 Å². The van der Waals surface area contributed by atoms with Gasteiger partial charge in [-0.3, -0.25) is 14.4 Å². The van der Waals surface area contributed by atoms with Crippen molar-refractivity contribution in [1.82, 2.24) is 25.5 Å². The summed E-state index contributed by atoms with van der Waals surface area (Å²) in [5, 5.41) is 14.7. The number of hydrogen-bond donors (Lipinski definition) is 5. The number of imidazole rings is 1. The molecule has 2 rings (SSSR count). The number of aromatic nitrogens is 2. The van der Waals surface area contributed by atoms with E-state index >= 15 is 0 Å². The van der Waals surface area contributed by atoms with Crippen LogP contribution in [0.1, 0.15) is 38.8 Å². The Morgan fingerprint density at radius 2 is 2.03 bits per heavy atom. The van der Waals surface area contributed by atoms with Gasteiger partial charge in [0.2, 0.25) is 17.7 Å². The molecule has 2 heterocycles. The average molecular weight is 422 g/mol. The first-order valence-corrected chi connectivity index (χ1v) is 10.0. The van der Waals surface area contributed by atoms with Crippen LogP contribution in [0.15, 0.2) is 12.5 Å². The highest BCUT2D eigenvalue weighted by molar-refractivity contribution is 5.94. The third-order valence-corrected chi connectivity index (χ3v) is 4.96. The average Bonchev–Trinajstić information content (AvgIpc) is 3.37. The lowest BCUT2D eigenvalue weighted by Crippen LogP contribution is -2.57. The topological polar surface area (TPSA) is 171 Å². The van der Waals surface area contributed by atoms with E-state index in [0.29, 0.717) is 31.5 Å². The molecular weight excluding hydrogens is 392 g/mol. The second-order valence-corrected chi connectivity index (χ2v) is 7.82. The van der Waals surface area contributed by atoms with Gasteiger partial charge < -0.3 is 31.4 Å². The molecule has 1 aliphatic rings. The fourth-order valence-electron chi connectivity index (χ4n) is 3.53. The van der Waals surface area contributed by atoms with Gasteiger partial charge in [0.25, 0.3) is 0 Å². The maximum atomic E-state index is 13.1. The SMILES string of the molecule is CC(C)CC(NC(=O)C(Cc1cnc[nH]1)NC(=O)CN)C(=O)N1CCCC1C(=O)O. The van der Waals surface area contributed by atoms with Gasteiger partial charge in [-0.15, -0.1) is 0 Å². The number of rotatable bonds is 10. The standard InChI is InChI=1S/C19H30N6O5/c1-11(2)6-14(18(28)25-5-3-4-15(25)19(29)30)24-17(27)13(23-16(26)8-20)7-12-9-21-10-22-12/h9-11,13-15H,3-8,20H2,1-2H3,(H,21,22)(H,23,26)(H,24,27)(H,29,30). The predicted octanol–water partition coefficient (Wildman–Crippen LogP) is -0.998.